The van der Waals surface area contributed by atoms with Crippen LogP contribution in [0, 0.1) is 5.92 Å². The molecule has 0 aromatic heterocycles. The smallest absolute Gasteiger partial charge is 0.253 e. The number of aliphatic hydroxyl groups excluding tert-OH is 1. The first-order valence-corrected chi connectivity index (χ1v) is 7.15. The number of rotatable bonds is 5. The summed E-state index contributed by atoms with van der Waals surface area (Å²) in [6.45, 7) is 0.0909. The first kappa shape index (κ1) is 13.8. The summed E-state index contributed by atoms with van der Waals surface area (Å²) in [4.78, 5) is 12.1. The third-order valence-electron chi connectivity index (χ3n) is 3.12. The number of nitrogens with one attached hydrogen (secondary N) is 1. The van der Waals surface area contributed by atoms with Crippen LogP contribution in [0.2, 0.25) is 5.02 Å². The molecule has 0 radical (unpaired) electrons. The van der Waals surface area contributed by atoms with Gasteiger partial charge in [0.25, 0.3) is 5.91 Å². The van der Waals surface area contributed by atoms with Crippen molar-refractivity contribution < 1.29 is 9.90 Å². The van der Waals surface area contributed by atoms with Gasteiger partial charge >= 0.3 is 0 Å². The van der Waals surface area contributed by atoms with E-state index < -0.39 is 0 Å². The van der Waals surface area contributed by atoms with Gasteiger partial charge in [0.2, 0.25) is 0 Å². The highest BCUT2D eigenvalue weighted by Crippen LogP contribution is 2.34. The van der Waals surface area contributed by atoms with E-state index in [0.717, 1.165) is 17.3 Å². The number of carbonyl (C=O) groups excluding carboxylic acids is 1. The largest absolute Gasteiger partial charge is 0.396 e. The Kier molecular flexibility index (Phi) is 4.65. The van der Waals surface area contributed by atoms with Crippen LogP contribution in [0.1, 0.15) is 29.6 Å². The molecule has 2 N–H and O–H groups in total. The van der Waals surface area contributed by atoms with Crippen molar-refractivity contribution in [2.45, 2.75) is 25.3 Å². The lowest BCUT2D eigenvalue weighted by Gasteiger charge is -2.17. The molecule has 18 heavy (non-hydrogen) atoms. The highest BCUT2D eigenvalue weighted by molar-refractivity contribution is 9.10. The van der Waals surface area contributed by atoms with E-state index in [2.05, 4.69) is 21.2 Å². The molecule has 0 saturated heterocycles. The molecule has 1 saturated carbocycles. The van der Waals surface area contributed by atoms with E-state index in [1.807, 2.05) is 0 Å². The lowest BCUT2D eigenvalue weighted by Crippen LogP contribution is -2.37. The molecule has 98 valence electrons. The van der Waals surface area contributed by atoms with Crippen LogP contribution in [0.3, 0.4) is 0 Å². The second-order valence-electron chi connectivity index (χ2n) is 4.55. The molecule has 3 nitrogen and oxygen atoms in total. The van der Waals surface area contributed by atoms with Gasteiger partial charge in [0.15, 0.2) is 0 Å². The minimum Gasteiger partial charge on any atom is -0.396 e. The Morgan fingerprint density at radius 3 is 2.89 bits per heavy atom. The van der Waals surface area contributed by atoms with Gasteiger partial charge in [-0.1, -0.05) is 27.5 Å². The molecule has 1 aliphatic rings. The molecule has 0 aliphatic heterocycles. The third-order valence-corrected chi connectivity index (χ3v) is 3.94. The van der Waals surface area contributed by atoms with Crippen molar-refractivity contribution in [2.75, 3.05) is 6.61 Å². The molecule has 1 unspecified atom stereocenters. The van der Waals surface area contributed by atoms with E-state index in [1.165, 1.54) is 0 Å². The summed E-state index contributed by atoms with van der Waals surface area (Å²) in [5.74, 6) is 0.332. The number of carbonyl (C=O) groups is 1. The van der Waals surface area contributed by atoms with Crippen molar-refractivity contribution >= 4 is 33.4 Å². The van der Waals surface area contributed by atoms with Crippen molar-refractivity contribution in [2.24, 2.45) is 5.92 Å². The van der Waals surface area contributed by atoms with E-state index in [4.69, 9.17) is 16.7 Å². The molecule has 1 aromatic rings. The minimum atomic E-state index is -0.174. The second kappa shape index (κ2) is 6.04. The molecule has 5 heteroatoms. The quantitative estimate of drug-likeness (QED) is 0.871. The first-order valence-electron chi connectivity index (χ1n) is 5.98. The Balaban J connectivity index is 2.07. The molecule has 2 rings (SSSR count). The fourth-order valence-corrected chi connectivity index (χ4v) is 2.55. The van der Waals surface area contributed by atoms with Gasteiger partial charge in [0.1, 0.15) is 0 Å². The van der Waals surface area contributed by atoms with E-state index in [1.54, 1.807) is 18.2 Å². The van der Waals surface area contributed by atoms with Gasteiger partial charge in [-0.25, -0.2) is 0 Å². The number of aliphatic hydroxyl groups is 1. The summed E-state index contributed by atoms with van der Waals surface area (Å²) >= 11 is 9.34. The summed E-state index contributed by atoms with van der Waals surface area (Å²) in [5, 5.41) is 12.4. The predicted octanol–water partition coefficient (Wildman–Crippen LogP) is 2.99. The number of hydrogen-bond donors (Lipinski definition) is 2. The van der Waals surface area contributed by atoms with Crippen molar-refractivity contribution in [3.8, 4) is 0 Å². The highest BCUT2D eigenvalue weighted by Gasteiger charge is 2.32. The van der Waals surface area contributed by atoms with Crippen LogP contribution in [0.5, 0.6) is 0 Å². The monoisotopic (exact) mass is 331 g/mol. The van der Waals surface area contributed by atoms with Crippen molar-refractivity contribution in [3.05, 3.63) is 33.3 Å². The Morgan fingerprint density at radius 2 is 2.28 bits per heavy atom. The molecule has 1 amide bonds. The Labute approximate surface area is 120 Å². The standard InChI is InChI=1S/C13H15BrClNO2/c14-9-3-4-11(15)10(7-9)13(18)16-12(5-6-17)8-1-2-8/h3-4,7-8,12,17H,1-2,5-6H2,(H,16,18). The zero-order chi connectivity index (χ0) is 13.1. The molecule has 0 heterocycles. The van der Waals surface area contributed by atoms with Gasteiger partial charge in [-0.05, 0) is 43.4 Å². The van der Waals surface area contributed by atoms with Crippen LogP contribution in [-0.4, -0.2) is 23.7 Å². The number of halogens is 2. The summed E-state index contributed by atoms with van der Waals surface area (Å²) in [5.41, 5.74) is 0.467. The van der Waals surface area contributed by atoms with Gasteiger partial charge in [-0.15, -0.1) is 0 Å². The van der Waals surface area contributed by atoms with Crippen LogP contribution >= 0.6 is 27.5 Å². The summed E-state index contributed by atoms with van der Waals surface area (Å²) in [7, 11) is 0. The molecule has 0 bridgehead atoms. The normalized spacial score (nSPS) is 16.4. The summed E-state index contributed by atoms with van der Waals surface area (Å²) in [6.07, 6.45) is 2.84. The molecular weight excluding hydrogens is 318 g/mol. The highest BCUT2D eigenvalue weighted by atomic mass is 79.9. The zero-order valence-corrected chi connectivity index (χ0v) is 12.2. The topological polar surface area (TPSA) is 49.3 Å². The fourth-order valence-electron chi connectivity index (χ4n) is 1.98. The zero-order valence-electron chi connectivity index (χ0n) is 9.83. The molecule has 1 fully saturated rings. The number of hydrogen-bond acceptors (Lipinski definition) is 2. The first-order chi connectivity index (χ1) is 8.61. The van der Waals surface area contributed by atoms with Crippen LogP contribution in [0.25, 0.3) is 0 Å². The Morgan fingerprint density at radius 1 is 1.56 bits per heavy atom. The van der Waals surface area contributed by atoms with Gasteiger partial charge in [0.05, 0.1) is 10.6 Å². The van der Waals surface area contributed by atoms with Gasteiger partial charge in [0, 0.05) is 17.1 Å². The minimum absolute atomic E-state index is 0.0533. The van der Waals surface area contributed by atoms with E-state index in [-0.39, 0.29) is 18.6 Å². The van der Waals surface area contributed by atoms with Crippen LogP contribution in [0.15, 0.2) is 22.7 Å². The Hall–Kier alpha value is -0.580. The lowest BCUT2D eigenvalue weighted by atomic mass is 10.1. The van der Waals surface area contributed by atoms with Gasteiger partial charge in [-0.3, -0.25) is 4.79 Å². The fraction of sp³-hybridized carbons (Fsp3) is 0.462. The van der Waals surface area contributed by atoms with Crippen LogP contribution in [0.4, 0.5) is 0 Å². The third kappa shape index (κ3) is 3.46. The van der Waals surface area contributed by atoms with E-state index in [9.17, 15) is 4.79 Å². The second-order valence-corrected chi connectivity index (χ2v) is 5.88. The number of amides is 1. The average molecular weight is 333 g/mol. The maximum Gasteiger partial charge on any atom is 0.253 e. The maximum atomic E-state index is 12.1. The molecule has 1 atom stereocenters. The van der Waals surface area contributed by atoms with Crippen molar-refractivity contribution in [1.29, 1.82) is 0 Å². The number of benzene rings is 1. The summed E-state index contributed by atoms with van der Waals surface area (Å²) in [6, 6.07) is 5.25. The van der Waals surface area contributed by atoms with Crippen molar-refractivity contribution in [3.63, 3.8) is 0 Å². The lowest BCUT2D eigenvalue weighted by molar-refractivity contribution is 0.0924. The van der Waals surface area contributed by atoms with Gasteiger partial charge < -0.3 is 10.4 Å². The predicted molar refractivity (Wildman–Crippen MR) is 74.8 cm³/mol. The molecule has 1 aromatic carbocycles. The van der Waals surface area contributed by atoms with E-state index in [0.29, 0.717) is 22.9 Å². The summed E-state index contributed by atoms with van der Waals surface area (Å²) < 4.78 is 0.821. The van der Waals surface area contributed by atoms with Crippen molar-refractivity contribution in [1.82, 2.24) is 5.32 Å². The van der Waals surface area contributed by atoms with Crippen LogP contribution in [-0.2, 0) is 0 Å². The molecule has 0 spiro atoms. The molecular formula is C13H15BrClNO2. The molecule has 1 aliphatic carbocycles. The Bertz CT molecular complexity index is 449. The van der Waals surface area contributed by atoms with Crippen LogP contribution < -0.4 is 5.32 Å². The average Bonchev–Trinajstić information content (AvgIpc) is 3.15. The van der Waals surface area contributed by atoms with Gasteiger partial charge in [-0.2, -0.15) is 0 Å². The maximum absolute atomic E-state index is 12.1. The SMILES string of the molecule is O=C(NC(CCO)C1CC1)c1cc(Br)ccc1Cl. The van der Waals surface area contributed by atoms with E-state index >= 15 is 0 Å².